The molecule has 0 rings (SSSR count). The third-order valence-electron chi connectivity index (χ3n) is 0.774. The molecule has 1 atom stereocenters. The van der Waals surface area contributed by atoms with E-state index in [1.54, 1.807) is 6.92 Å². The maximum atomic E-state index is 10.3. The lowest BCUT2D eigenvalue weighted by atomic mass is 10.3. The highest BCUT2D eigenvalue weighted by Crippen LogP contribution is 2.01. The van der Waals surface area contributed by atoms with Gasteiger partial charge in [0.2, 0.25) is 0 Å². The Morgan fingerprint density at radius 1 is 1.75 bits per heavy atom. The first-order valence-corrected chi connectivity index (χ1v) is 2.90. The maximum absolute atomic E-state index is 10.3. The molecule has 8 heavy (non-hydrogen) atoms. The highest BCUT2D eigenvalue weighted by Gasteiger charge is 2.05. The monoisotopic (exact) mass is 134 g/mol. The van der Waals surface area contributed by atoms with Crippen LogP contribution >= 0.6 is 8.69 Å². The first kappa shape index (κ1) is 7.73. The summed E-state index contributed by atoms with van der Waals surface area (Å²) in [6, 6.07) is 0. The van der Waals surface area contributed by atoms with Crippen LogP contribution in [-0.4, -0.2) is 11.9 Å². The largest absolute Gasteiger partial charge is 0.328 e. The van der Waals surface area contributed by atoms with Gasteiger partial charge in [0, 0.05) is 0 Å². The molecule has 46 valence electrons. The normalized spacial score (nSPS) is 13.8. The zero-order valence-corrected chi connectivity index (χ0v) is 5.64. The van der Waals surface area contributed by atoms with Crippen LogP contribution in [0.2, 0.25) is 0 Å². The van der Waals surface area contributed by atoms with E-state index >= 15 is 0 Å². The van der Waals surface area contributed by atoms with Crippen LogP contribution in [0.3, 0.4) is 0 Å². The highest BCUT2D eigenvalue weighted by molar-refractivity contribution is 7.17. The molecule has 0 bridgehead atoms. The molecule has 0 saturated heterocycles. The van der Waals surface area contributed by atoms with Gasteiger partial charge in [-0.3, -0.25) is 9.32 Å². The fourth-order valence-corrected chi connectivity index (χ4v) is 0.416. The second kappa shape index (κ2) is 3.70. The van der Waals surface area contributed by atoms with Crippen molar-refractivity contribution in [1.29, 1.82) is 0 Å². The van der Waals surface area contributed by atoms with E-state index in [2.05, 4.69) is 4.52 Å². The molecule has 0 aromatic heterocycles. The lowest BCUT2D eigenvalue weighted by molar-refractivity contribution is -0.122. The number of hydrogen-bond acceptors (Lipinski definition) is 3. The van der Waals surface area contributed by atoms with Crippen molar-refractivity contribution in [2.45, 2.75) is 20.0 Å². The van der Waals surface area contributed by atoms with Gasteiger partial charge in [0.05, 0.1) is 0 Å². The first-order valence-electron chi connectivity index (χ1n) is 2.17. The van der Waals surface area contributed by atoms with Gasteiger partial charge in [-0.05, 0) is 13.8 Å². The zero-order valence-electron chi connectivity index (χ0n) is 4.75. The SMILES string of the molecule is CC(=O)C(C)OP=O. The van der Waals surface area contributed by atoms with Crippen LogP contribution in [0.4, 0.5) is 0 Å². The van der Waals surface area contributed by atoms with E-state index in [4.69, 9.17) is 0 Å². The number of ketones is 1. The van der Waals surface area contributed by atoms with Crippen molar-refractivity contribution >= 4 is 14.5 Å². The molecule has 0 fully saturated rings. The topological polar surface area (TPSA) is 43.4 Å². The molecule has 0 spiro atoms. The lowest BCUT2D eigenvalue weighted by Crippen LogP contribution is -2.12. The Hall–Kier alpha value is -0.270. The summed E-state index contributed by atoms with van der Waals surface area (Å²) in [7, 11) is -0.436. The van der Waals surface area contributed by atoms with Crippen molar-refractivity contribution in [2.24, 2.45) is 0 Å². The Morgan fingerprint density at radius 3 is 2.38 bits per heavy atom. The second-order valence-electron chi connectivity index (χ2n) is 1.43. The van der Waals surface area contributed by atoms with Gasteiger partial charge >= 0.3 is 8.69 Å². The predicted molar refractivity (Wildman–Crippen MR) is 28.8 cm³/mol. The van der Waals surface area contributed by atoms with E-state index < -0.39 is 14.8 Å². The molecule has 0 aromatic carbocycles. The molecule has 0 saturated carbocycles. The third kappa shape index (κ3) is 2.83. The Bertz CT molecular complexity index is 101. The molecule has 4 heteroatoms. The van der Waals surface area contributed by atoms with Gasteiger partial charge in [-0.15, -0.1) is 0 Å². The van der Waals surface area contributed by atoms with Gasteiger partial charge in [-0.25, -0.2) is 4.57 Å². The Balaban J connectivity index is 3.46. The standard InChI is InChI=1S/C4H7O3P/c1-3(5)4(2)7-8-6/h4H,1-2H3. The van der Waals surface area contributed by atoms with Crippen molar-refractivity contribution in [3.63, 3.8) is 0 Å². The van der Waals surface area contributed by atoms with Crippen LogP contribution in [0, 0.1) is 0 Å². The molecule has 0 heterocycles. The maximum Gasteiger partial charge on any atom is 0.328 e. The van der Waals surface area contributed by atoms with Gasteiger partial charge in [-0.1, -0.05) is 0 Å². The van der Waals surface area contributed by atoms with Crippen LogP contribution in [0.15, 0.2) is 0 Å². The first-order chi connectivity index (χ1) is 3.68. The fourth-order valence-electron chi connectivity index (χ4n) is 0.139. The summed E-state index contributed by atoms with van der Waals surface area (Å²) in [4.78, 5) is 10.3. The molecular weight excluding hydrogens is 127 g/mol. The van der Waals surface area contributed by atoms with Crippen molar-refractivity contribution < 1.29 is 13.9 Å². The molecule has 3 nitrogen and oxygen atoms in total. The number of carbonyl (C=O) groups is 1. The molecule has 0 radical (unpaired) electrons. The summed E-state index contributed by atoms with van der Waals surface area (Å²) in [5.41, 5.74) is 0. The van der Waals surface area contributed by atoms with Crippen molar-refractivity contribution in [3.05, 3.63) is 0 Å². The van der Waals surface area contributed by atoms with E-state index in [0.29, 0.717) is 0 Å². The van der Waals surface area contributed by atoms with Crippen LogP contribution in [0.1, 0.15) is 13.8 Å². The van der Waals surface area contributed by atoms with E-state index in [9.17, 15) is 9.36 Å². The molecule has 0 amide bonds. The minimum atomic E-state index is -0.547. The molecule has 0 aliphatic carbocycles. The van der Waals surface area contributed by atoms with E-state index in [1.165, 1.54) is 6.92 Å². The number of rotatable bonds is 3. The second-order valence-corrected chi connectivity index (χ2v) is 1.79. The van der Waals surface area contributed by atoms with Gasteiger partial charge in [0.15, 0.2) is 5.78 Å². The molecule has 0 N–H and O–H groups in total. The van der Waals surface area contributed by atoms with Crippen LogP contribution in [-0.2, 0) is 13.9 Å². The molecule has 0 aromatic rings. The number of hydrogen-bond donors (Lipinski definition) is 0. The minimum Gasteiger partial charge on any atom is -0.297 e. The Kier molecular flexibility index (Phi) is 3.57. The highest BCUT2D eigenvalue weighted by atomic mass is 31.1. The van der Waals surface area contributed by atoms with Crippen LogP contribution < -0.4 is 0 Å². The quantitative estimate of drug-likeness (QED) is 0.544. The summed E-state index contributed by atoms with van der Waals surface area (Å²) in [5.74, 6) is -0.117. The summed E-state index contributed by atoms with van der Waals surface area (Å²) in [6.45, 7) is 2.93. The molecular formula is C4H7O3P. The molecule has 1 unspecified atom stereocenters. The summed E-state index contributed by atoms with van der Waals surface area (Å²) in [5, 5.41) is 0. The average Bonchev–Trinajstić information content (AvgIpc) is 1.67. The smallest absolute Gasteiger partial charge is 0.297 e. The van der Waals surface area contributed by atoms with Crippen molar-refractivity contribution in [2.75, 3.05) is 0 Å². The van der Waals surface area contributed by atoms with Gasteiger partial charge in [-0.2, -0.15) is 0 Å². The van der Waals surface area contributed by atoms with Gasteiger partial charge in [0.1, 0.15) is 6.10 Å². The Labute approximate surface area is 49.3 Å². The van der Waals surface area contributed by atoms with Gasteiger partial charge in [0.25, 0.3) is 0 Å². The molecule has 0 aliphatic rings. The van der Waals surface area contributed by atoms with Crippen LogP contribution in [0.25, 0.3) is 0 Å². The Morgan fingerprint density at radius 2 is 2.25 bits per heavy atom. The van der Waals surface area contributed by atoms with E-state index in [1.807, 2.05) is 0 Å². The zero-order chi connectivity index (χ0) is 6.57. The summed E-state index contributed by atoms with van der Waals surface area (Å²) >= 11 is 0. The summed E-state index contributed by atoms with van der Waals surface area (Å²) < 4.78 is 14.0. The average molecular weight is 134 g/mol. The summed E-state index contributed by atoms with van der Waals surface area (Å²) in [6.07, 6.45) is -0.547. The fraction of sp³-hybridized carbons (Fsp3) is 0.750. The predicted octanol–water partition coefficient (Wildman–Crippen LogP) is 1.19. The van der Waals surface area contributed by atoms with Gasteiger partial charge < -0.3 is 0 Å². The van der Waals surface area contributed by atoms with Crippen molar-refractivity contribution in [3.8, 4) is 0 Å². The lowest BCUT2D eigenvalue weighted by Gasteiger charge is -1.97. The third-order valence-corrected chi connectivity index (χ3v) is 1.18. The van der Waals surface area contributed by atoms with E-state index in [-0.39, 0.29) is 5.78 Å². The van der Waals surface area contributed by atoms with Crippen LogP contribution in [0.5, 0.6) is 0 Å². The molecule has 0 aliphatic heterocycles. The minimum absolute atomic E-state index is 0.117. The van der Waals surface area contributed by atoms with E-state index in [0.717, 1.165) is 0 Å². The number of carbonyl (C=O) groups excluding carboxylic acids is 1. The van der Waals surface area contributed by atoms with Crippen molar-refractivity contribution in [1.82, 2.24) is 0 Å². The number of Topliss-reactive ketones (excluding diaryl/α,β-unsaturated/α-hetero) is 1.